The average molecular weight is 329 g/mol. The highest BCUT2D eigenvalue weighted by molar-refractivity contribution is 5.85. The van der Waals surface area contributed by atoms with E-state index in [1.807, 2.05) is 32.0 Å². The lowest BCUT2D eigenvalue weighted by Gasteiger charge is -2.10. The summed E-state index contributed by atoms with van der Waals surface area (Å²) in [6, 6.07) is 7.41. The molecule has 0 aliphatic heterocycles. The molecule has 6 nitrogen and oxygen atoms in total. The van der Waals surface area contributed by atoms with Gasteiger partial charge in [-0.2, -0.15) is 5.10 Å². The average Bonchev–Trinajstić information content (AvgIpc) is 3.05. The number of hydrogen-bond donors (Lipinski definition) is 1. The highest BCUT2D eigenvalue weighted by Crippen LogP contribution is 2.30. The Morgan fingerprint density at radius 1 is 1.38 bits per heavy atom. The van der Waals surface area contributed by atoms with Gasteiger partial charge in [-0.25, -0.2) is 5.43 Å². The van der Waals surface area contributed by atoms with Crippen LogP contribution in [0.2, 0.25) is 0 Å². The van der Waals surface area contributed by atoms with Crippen molar-refractivity contribution in [2.24, 2.45) is 11.0 Å². The summed E-state index contributed by atoms with van der Waals surface area (Å²) in [5.74, 6) is 1.36. The first kappa shape index (κ1) is 17.7. The van der Waals surface area contributed by atoms with Crippen molar-refractivity contribution in [2.75, 3.05) is 6.61 Å². The van der Waals surface area contributed by atoms with Gasteiger partial charge in [0.1, 0.15) is 5.75 Å². The number of aromatic nitrogens is 1. The molecule has 0 radical (unpaired) electrons. The fourth-order valence-electron chi connectivity index (χ4n) is 2.29. The van der Waals surface area contributed by atoms with E-state index in [9.17, 15) is 4.79 Å². The molecule has 0 aliphatic rings. The maximum absolute atomic E-state index is 11.9. The van der Waals surface area contributed by atoms with Crippen LogP contribution in [0, 0.1) is 12.8 Å². The van der Waals surface area contributed by atoms with Gasteiger partial charge in [0.2, 0.25) is 0 Å². The molecule has 128 valence electrons. The van der Waals surface area contributed by atoms with Gasteiger partial charge in [0, 0.05) is 11.8 Å². The molecular formula is C18H23N3O3. The minimum atomic E-state index is -0.304. The first-order valence-electron chi connectivity index (χ1n) is 7.92. The molecule has 1 heterocycles. The van der Waals surface area contributed by atoms with Gasteiger partial charge in [-0.1, -0.05) is 30.6 Å². The Labute approximate surface area is 141 Å². The van der Waals surface area contributed by atoms with E-state index in [2.05, 4.69) is 29.5 Å². The summed E-state index contributed by atoms with van der Waals surface area (Å²) in [6.07, 6.45) is 2.41. The monoisotopic (exact) mass is 329 g/mol. The molecule has 0 bridgehead atoms. The fraction of sp³-hybridized carbons (Fsp3) is 0.389. The maximum Gasteiger partial charge on any atom is 0.277 e. The van der Waals surface area contributed by atoms with E-state index < -0.39 is 0 Å². The summed E-state index contributed by atoms with van der Waals surface area (Å²) in [5, 5.41) is 7.78. The van der Waals surface area contributed by atoms with Gasteiger partial charge >= 0.3 is 0 Å². The molecule has 24 heavy (non-hydrogen) atoms. The van der Waals surface area contributed by atoms with Crippen LogP contribution in [0.15, 0.2) is 40.1 Å². The Kier molecular flexibility index (Phi) is 6.12. The summed E-state index contributed by atoms with van der Waals surface area (Å²) < 4.78 is 10.8. The Morgan fingerprint density at radius 3 is 2.83 bits per heavy atom. The summed E-state index contributed by atoms with van der Waals surface area (Å²) in [5.41, 5.74) is 5.22. The van der Waals surface area contributed by atoms with E-state index in [4.69, 9.17) is 9.26 Å². The SMILES string of the molecule is C/C(CC(C)C)=N/NC(=O)COc1ccc(C)cc1-c1ccno1. The van der Waals surface area contributed by atoms with Crippen LogP contribution in [-0.4, -0.2) is 23.4 Å². The number of benzene rings is 1. The van der Waals surface area contributed by atoms with Crippen LogP contribution in [0.1, 0.15) is 32.8 Å². The zero-order chi connectivity index (χ0) is 17.5. The van der Waals surface area contributed by atoms with E-state index >= 15 is 0 Å². The van der Waals surface area contributed by atoms with Crippen LogP contribution >= 0.6 is 0 Å². The van der Waals surface area contributed by atoms with Crippen molar-refractivity contribution in [3.63, 3.8) is 0 Å². The molecule has 0 aliphatic carbocycles. The van der Waals surface area contributed by atoms with Crippen molar-refractivity contribution in [3.05, 3.63) is 36.0 Å². The number of carbonyl (C=O) groups is 1. The van der Waals surface area contributed by atoms with Gasteiger partial charge < -0.3 is 9.26 Å². The largest absolute Gasteiger partial charge is 0.483 e. The topological polar surface area (TPSA) is 76.7 Å². The summed E-state index contributed by atoms with van der Waals surface area (Å²) in [7, 11) is 0. The number of aryl methyl sites for hydroxylation is 1. The Hall–Kier alpha value is -2.63. The summed E-state index contributed by atoms with van der Waals surface area (Å²) in [6.45, 7) is 7.95. The Morgan fingerprint density at radius 2 is 2.17 bits per heavy atom. The number of nitrogens with one attached hydrogen (secondary N) is 1. The minimum Gasteiger partial charge on any atom is -0.483 e. The molecule has 1 N–H and O–H groups in total. The number of hydrogen-bond acceptors (Lipinski definition) is 5. The molecule has 2 aromatic rings. The highest BCUT2D eigenvalue weighted by Gasteiger charge is 2.12. The third kappa shape index (κ3) is 5.22. The van der Waals surface area contributed by atoms with E-state index in [1.54, 1.807) is 12.3 Å². The number of nitrogens with zero attached hydrogens (tertiary/aromatic N) is 2. The quantitative estimate of drug-likeness (QED) is 0.622. The summed E-state index contributed by atoms with van der Waals surface area (Å²) in [4.78, 5) is 11.9. The second-order valence-electron chi connectivity index (χ2n) is 6.15. The van der Waals surface area contributed by atoms with Gasteiger partial charge in [0.25, 0.3) is 5.91 Å². The van der Waals surface area contributed by atoms with Crippen LogP contribution < -0.4 is 10.2 Å². The third-order valence-corrected chi connectivity index (χ3v) is 3.27. The Bertz CT molecular complexity index is 706. The molecular weight excluding hydrogens is 306 g/mol. The third-order valence-electron chi connectivity index (χ3n) is 3.27. The summed E-state index contributed by atoms with van der Waals surface area (Å²) >= 11 is 0. The van der Waals surface area contributed by atoms with Crippen LogP contribution in [0.3, 0.4) is 0 Å². The number of ether oxygens (including phenoxy) is 1. The van der Waals surface area contributed by atoms with E-state index in [-0.39, 0.29) is 12.5 Å². The van der Waals surface area contributed by atoms with Crippen LogP contribution in [0.5, 0.6) is 5.75 Å². The molecule has 1 amide bonds. The zero-order valence-corrected chi connectivity index (χ0v) is 14.5. The lowest BCUT2D eigenvalue weighted by molar-refractivity contribution is -0.123. The van der Waals surface area contributed by atoms with Crippen LogP contribution in [-0.2, 0) is 4.79 Å². The van der Waals surface area contributed by atoms with Crippen molar-refractivity contribution in [2.45, 2.75) is 34.1 Å². The molecule has 0 saturated heterocycles. The molecule has 6 heteroatoms. The first-order chi connectivity index (χ1) is 11.5. The van der Waals surface area contributed by atoms with Crippen molar-refractivity contribution in [1.29, 1.82) is 0 Å². The van der Waals surface area contributed by atoms with Crippen molar-refractivity contribution in [1.82, 2.24) is 10.6 Å². The van der Waals surface area contributed by atoms with E-state index in [0.29, 0.717) is 17.4 Å². The van der Waals surface area contributed by atoms with Crippen LogP contribution in [0.4, 0.5) is 0 Å². The van der Waals surface area contributed by atoms with Gasteiger partial charge in [0.05, 0.1) is 11.8 Å². The molecule has 1 aromatic carbocycles. The lowest BCUT2D eigenvalue weighted by atomic mass is 10.1. The lowest BCUT2D eigenvalue weighted by Crippen LogP contribution is -2.25. The second kappa shape index (κ2) is 8.29. The predicted octanol–water partition coefficient (Wildman–Crippen LogP) is 3.57. The van der Waals surface area contributed by atoms with Gasteiger partial charge in [-0.3, -0.25) is 4.79 Å². The van der Waals surface area contributed by atoms with Gasteiger partial charge in [-0.05, 0) is 38.3 Å². The molecule has 0 unspecified atom stereocenters. The second-order valence-corrected chi connectivity index (χ2v) is 6.15. The molecule has 2 rings (SSSR count). The molecule has 0 fully saturated rings. The van der Waals surface area contributed by atoms with Crippen molar-refractivity contribution >= 4 is 11.6 Å². The van der Waals surface area contributed by atoms with Gasteiger partial charge in [0.15, 0.2) is 12.4 Å². The van der Waals surface area contributed by atoms with Gasteiger partial charge in [-0.15, -0.1) is 0 Å². The first-order valence-corrected chi connectivity index (χ1v) is 7.92. The predicted molar refractivity (Wildman–Crippen MR) is 92.9 cm³/mol. The number of hydrazone groups is 1. The molecule has 0 saturated carbocycles. The van der Waals surface area contributed by atoms with Crippen LogP contribution in [0.25, 0.3) is 11.3 Å². The standard InChI is InChI=1S/C18H23N3O3/c1-12(2)9-14(4)20-21-18(22)11-23-16-6-5-13(3)10-15(16)17-7-8-19-24-17/h5-8,10,12H,9,11H2,1-4H3,(H,21,22)/b20-14-. The molecule has 0 spiro atoms. The molecule has 0 atom stereocenters. The smallest absolute Gasteiger partial charge is 0.277 e. The number of rotatable bonds is 7. The zero-order valence-electron chi connectivity index (χ0n) is 14.5. The highest BCUT2D eigenvalue weighted by atomic mass is 16.5. The number of amides is 1. The van der Waals surface area contributed by atoms with E-state index in [0.717, 1.165) is 23.3 Å². The Balaban J connectivity index is 1.98. The van der Waals surface area contributed by atoms with E-state index in [1.165, 1.54) is 0 Å². The minimum absolute atomic E-state index is 0.122. The van der Waals surface area contributed by atoms with Crippen molar-refractivity contribution in [3.8, 4) is 17.1 Å². The van der Waals surface area contributed by atoms with Crippen molar-refractivity contribution < 1.29 is 14.1 Å². The number of carbonyl (C=O) groups excluding carboxylic acids is 1. The normalized spacial score (nSPS) is 11.6. The molecule has 1 aromatic heterocycles. The maximum atomic E-state index is 11.9. The fourth-order valence-corrected chi connectivity index (χ4v) is 2.29.